The van der Waals surface area contributed by atoms with Crippen LogP contribution in [0.2, 0.25) is 0 Å². The van der Waals surface area contributed by atoms with Crippen molar-refractivity contribution in [3.05, 3.63) is 0 Å². The van der Waals surface area contributed by atoms with Gasteiger partial charge in [-0.2, -0.15) is 0 Å². The molecule has 0 aromatic heterocycles. The minimum Gasteiger partial charge on any atom is -0.389 e. The Labute approximate surface area is 181 Å². The van der Waals surface area contributed by atoms with Gasteiger partial charge in [0.1, 0.15) is 0 Å². The van der Waals surface area contributed by atoms with Gasteiger partial charge < -0.3 is 24.5 Å². The van der Waals surface area contributed by atoms with Crippen molar-refractivity contribution in [2.75, 3.05) is 40.0 Å². The van der Waals surface area contributed by atoms with Gasteiger partial charge in [-0.3, -0.25) is 4.52 Å². The van der Waals surface area contributed by atoms with Crippen molar-refractivity contribution in [3.8, 4) is 0 Å². The minimum absolute atomic E-state index is 0. The lowest BCUT2D eigenvalue weighted by molar-refractivity contribution is 0.0175. The van der Waals surface area contributed by atoms with E-state index in [2.05, 4.69) is 11.4 Å². The third-order valence-corrected chi connectivity index (χ3v) is 4.73. The number of likely N-dealkylation sites (N-methyl/N-ethyl adjacent to an activating group) is 1. The first kappa shape index (κ1) is 30.0. The van der Waals surface area contributed by atoms with Gasteiger partial charge in [-0.15, -0.1) is 0 Å². The van der Waals surface area contributed by atoms with Crippen LogP contribution in [-0.2, 0) is 13.8 Å². The average molecular weight is 424 g/mol. The molecule has 27 heavy (non-hydrogen) atoms. The lowest BCUT2D eigenvalue weighted by atomic mass is 10.1. The third kappa shape index (κ3) is 24.7. The van der Waals surface area contributed by atoms with E-state index in [1.54, 1.807) is 11.9 Å². The van der Waals surface area contributed by atoms with E-state index in [9.17, 15) is 9.67 Å². The van der Waals surface area contributed by atoms with Crippen molar-refractivity contribution >= 4 is 30.9 Å². The predicted octanol–water partition coefficient (Wildman–Crippen LogP) is 2.41. The van der Waals surface area contributed by atoms with Gasteiger partial charge in [0.25, 0.3) is 0 Å². The molecule has 1 unspecified atom stereocenters. The molecule has 0 rings (SSSR count). The van der Waals surface area contributed by atoms with Crippen LogP contribution in [0.3, 0.4) is 0 Å². The van der Waals surface area contributed by atoms with Crippen molar-refractivity contribution in [1.29, 1.82) is 0 Å². The largest absolute Gasteiger partial charge is 0.469 e. The van der Waals surface area contributed by atoms with Crippen molar-refractivity contribution in [3.63, 3.8) is 0 Å². The molecule has 0 bridgehead atoms. The lowest BCUT2D eigenvalue weighted by Gasteiger charge is -2.20. The fourth-order valence-corrected chi connectivity index (χ4v) is 3.05. The summed E-state index contributed by atoms with van der Waals surface area (Å²) in [5, 5.41) is 9.88. The molecule has 0 heterocycles. The van der Waals surface area contributed by atoms with E-state index >= 15 is 0 Å². The second-order valence-electron chi connectivity index (χ2n) is 7.00. The maximum atomic E-state index is 10.6. The summed E-state index contributed by atoms with van der Waals surface area (Å²) >= 11 is 0. The normalized spacial score (nSPS) is 13.0. The van der Waals surface area contributed by atoms with Crippen molar-refractivity contribution in [1.82, 2.24) is 4.90 Å². The number of phosphoric ester groups is 1. The Hall–Kier alpha value is 0.756. The third-order valence-electron chi connectivity index (χ3n) is 4.21. The van der Waals surface area contributed by atoms with E-state index < -0.39 is 13.9 Å². The molecule has 0 spiro atoms. The predicted molar refractivity (Wildman–Crippen MR) is 113 cm³/mol. The summed E-state index contributed by atoms with van der Waals surface area (Å²) in [6.07, 6.45) is 12.2. The van der Waals surface area contributed by atoms with Crippen LogP contribution in [0, 0.1) is 0 Å². The molecular formula is C18H42MgNO6P. The Morgan fingerprint density at radius 1 is 0.926 bits per heavy atom. The molecule has 0 fully saturated rings. The maximum absolute atomic E-state index is 10.6. The molecule has 0 aromatic carbocycles. The van der Waals surface area contributed by atoms with Gasteiger partial charge in [0.15, 0.2) is 0 Å². The van der Waals surface area contributed by atoms with Gasteiger partial charge in [0.05, 0.1) is 19.3 Å². The number of aliphatic hydroxyl groups is 1. The van der Waals surface area contributed by atoms with Gasteiger partial charge in [0, 0.05) is 19.7 Å². The SMILES string of the molecule is CCCCCCCCCCCCOCC(O)CN(C)CCOP(=O)(O)O.[MgH2]. The number of ether oxygens (including phenoxy) is 1. The topological polar surface area (TPSA) is 99.5 Å². The number of hydrogen-bond donors (Lipinski definition) is 3. The van der Waals surface area contributed by atoms with E-state index in [1.807, 2.05) is 0 Å². The fourth-order valence-electron chi connectivity index (χ4n) is 2.73. The molecule has 0 aliphatic rings. The quantitative estimate of drug-likeness (QED) is 0.167. The summed E-state index contributed by atoms with van der Waals surface area (Å²) in [5.41, 5.74) is 0. The molecule has 0 aliphatic heterocycles. The Kier molecular flexibility index (Phi) is 22.2. The number of nitrogens with zero attached hydrogens (tertiary/aromatic N) is 1. The smallest absolute Gasteiger partial charge is 0.389 e. The van der Waals surface area contributed by atoms with Crippen LogP contribution in [0.1, 0.15) is 71.1 Å². The molecule has 0 aliphatic carbocycles. The molecule has 0 aromatic rings. The zero-order valence-corrected chi connectivity index (χ0v) is 17.5. The summed E-state index contributed by atoms with van der Waals surface area (Å²) in [4.78, 5) is 18.9. The fraction of sp³-hybridized carbons (Fsp3) is 1.00. The Balaban J connectivity index is 0. The molecule has 1 atom stereocenters. The zero-order chi connectivity index (χ0) is 19.7. The van der Waals surface area contributed by atoms with Crippen LogP contribution >= 0.6 is 7.82 Å². The van der Waals surface area contributed by atoms with Crippen LogP contribution in [0.15, 0.2) is 0 Å². The number of hydrogen-bond acceptors (Lipinski definition) is 5. The van der Waals surface area contributed by atoms with Crippen molar-refractivity contribution < 1.29 is 28.7 Å². The first-order valence-electron chi connectivity index (χ1n) is 9.99. The summed E-state index contributed by atoms with van der Waals surface area (Å²) in [6, 6.07) is 0. The van der Waals surface area contributed by atoms with E-state index in [4.69, 9.17) is 14.5 Å². The molecule has 3 N–H and O–H groups in total. The highest BCUT2D eigenvalue weighted by atomic mass is 31.2. The molecule has 162 valence electrons. The van der Waals surface area contributed by atoms with Crippen molar-refractivity contribution in [2.24, 2.45) is 0 Å². The molecular weight excluding hydrogens is 381 g/mol. The highest BCUT2D eigenvalue weighted by molar-refractivity contribution is 7.46. The number of unbranched alkanes of at least 4 members (excludes halogenated alkanes) is 9. The van der Waals surface area contributed by atoms with Crippen LogP contribution in [0.4, 0.5) is 0 Å². The highest BCUT2D eigenvalue weighted by Crippen LogP contribution is 2.35. The first-order chi connectivity index (χ1) is 12.3. The second kappa shape index (κ2) is 20.0. The number of aliphatic hydroxyl groups excluding tert-OH is 1. The van der Waals surface area contributed by atoms with Crippen LogP contribution < -0.4 is 0 Å². The van der Waals surface area contributed by atoms with E-state index in [1.165, 1.54) is 57.8 Å². The highest BCUT2D eigenvalue weighted by Gasteiger charge is 2.14. The van der Waals surface area contributed by atoms with Gasteiger partial charge >= 0.3 is 30.9 Å². The summed E-state index contributed by atoms with van der Waals surface area (Å²) in [5.74, 6) is 0. The van der Waals surface area contributed by atoms with Crippen LogP contribution in [0.25, 0.3) is 0 Å². The van der Waals surface area contributed by atoms with Crippen molar-refractivity contribution in [2.45, 2.75) is 77.2 Å². The van der Waals surface area contributed by atoms with Crippen LogP contribution in [-0.4, -0.2) is 88.9 Å². The number of phosphoric acid groups is 1. The average Bonchev–Trinajstić information content (AvgIpc) is 2.54. The zero-order valence-electron chi connectivity index (χ0n) is 16.6. The Morgan fingerprint density at radius 2 is 1.44 bits per heavy atom. The standard InChI is InChI=1S/C18H40NO6P.Mg.2H/c1-3-4-5-6-7-8-9-10-11-12-14-24-17-18(20)16-19(2)13-15-25-26(21,22)23;;;/h18,20H,3-17H2,1-2H3,(H2,21,22,23);;;. The summed E-state index contributed by atoms with van der Waals surface area (Å²) < 4.78 is 20.4. The monoisotopic (exact) mass is 423 g/mol. The summed E-state index contributed by atoms with van der Waals surface area (Å²) in [6.45, 7) is 3.82. The molecule has 0 radical (unpaired) electrons. The molecule has 7 nitrogen and oxygen atoms in total. The van der Waals surface area contributed by atoms with E-state index in [0.29, 0.717) is 19.7 Å². The van der Waals surface area contributed by atoms with Gasteiger partial charge in [0.2, 0.25) is 0 Å². The number of rotatable bonds is 19. The summed E-state index contributed by atoms with van der Waals surface area (Å²) in [7, 11) is -2.65. The molecule has 0 amide bonds. The van der Waals surface area contributed by atoms with Gasteiger partial charge in [-0.1, -0.05) is 64.7 Å². The molecule has 0 saturated carbocycles. The van der Waals surface area contributed by atoms with Gasteiger partial charge in [-0.25, -0.2) is 4.57 Å². The Morgan fingerprint density at radius 3 is 1.96 bits per heavy atom. The van der Waals surface area contributed by atoms with Gasteiger partial charge in [-0.05, 0) is 13.5 Å². The van der Waals surface area contributed by atoms with Crippen LogP contribution in [0.5, 0.6) is 0 Å². The van der Waals surface area contributed by atoms with E-state index in [0.717, 1.165) is 6.42 Å². The lowest BCUT2D eigenvalue weighted by Crippen LogP contribution is -2.34. The Bertz CT molecular complexity index is 359. The first-order valence-corrected chi connectivity index (χ1v) is 11.5. The maximum Gasteiger partial charge on any atom is 0.469 e. The molecule has 9 heteroatoms. The van der Waals surface area contributed by atoms with E-state index in [-0.39, 0.29) is 36.3 Å². The molecule has 0 saturated heterocycles. The second-order valence-corrected chi connectivity index (χ2v) is 8.24. The minimum atomic E-state index is -4.41.